The maximum Gasteiger partial charge on any atom is 0.408 e. The second-order valence-corrected chi connectivity index (χ2v) is 13.8. The predicted molar refractivity (Wildman–Crippen MR) is 127 cm³/mol. The van der Waals surface area contributed by atoms with E-state index in [0.717, 1.165) is 10.4 Å². The fraction of sp³-hybridized carbons (Fsp3) is 0.400. The molecule has 4 nitrogen and oxygen atoms in total. The van der Waals surface area contributed by atoms with Gasteiger partial charge in [0, 0.05) is 0 Å². The second-order valence-electron chi connectivity index (χ2n) is 9.48. The van der Waals surface area contributed by atoms with Crippen LogP contribution in [0, 0.1) is 0 Å². The zero-order valence-electron chi connectivity index (χ0n) is 19.4. The van der Waals surface area contributed by atoms with E-state index in [4.69, 9.17) is 9.16 Å². The first-order valence-corrected chi connectivity index (χ1v) is 12.4. The van der Waals surface area contributed by atoms with Gasteiger partial charge >= 0.3 is 6.09 Å². The first-order valence-electron chi connectivity index (χ1n) is 10.5. The molecule has 0 spiro atoms. The van der Waals surface area contributed by atoms with E-state index < -0.39 is 25.8 Å². The summed E-state index contributed by atoms with van der Waals surface area (Å²) in [5, 5.41) is 4.51. The van der Waals surface area contributed by atoms with Crippen molar-refractivity contribution in [1.82, 2.24) is 5.32 Å². The summed E-state index contributed by atoms with van der Waals surface area (Å²) >= 11 is 0. The lowest BCUT2D eigenvalue weighted by Crippen LogP contribution is -2.66. The number of rotatable bonds is 7. The molecular weight excluding hydrogens is 409 g/mol. The minimum atomic E-state index is -2.72. The highest BCUT2D eigenvalue weighted by atomic mass is 28.4. The number of amides is 1. The summed E-state index contributed by atoms with van der Waals surface area (Å²) < 4.78 is 26.1. The fourth-order valence-electron chi connectivity index (χ4n) is 3.56. The molecule has 0 atom stereocenters. The quantitative estimate of drug-likeness (QED) is 0.617. The van der Waals surface area contributed by atoms with E-state index in [1.165, 1.54) is 6.08 Å². The van der Waals surface area contributed by atoms with Crippen LogP contribution < -0.4 is 15.7 Å². The average Bonchev–Trinajstić information content (AvgIpc) is 2.69. The van der Waals surface area contributed by atoms with E-state index in [2.05, 4.69) is 50.4 Å². The van der Waals surface area contributed by atoms with Crippen LogP contribution in [0.3, 0.4) is 0 Å². The molecule has 2 rings (SSSR count). The van der Waals surface area contributed by atoms with Crippen molar-refractivity contribution in [3.63, 3.8) is 0 Å². The SMILES string of the molecule is CC(C)(C)OC(=O)NCC(F)=CCO[Si](c1ccccc1)(c1ccccc1)C(C)(C)C. The number of hydrogen-bond acceptors (Lipinski definition) is 3. The third-order valence-corrected chi connectivity index (χ3v) is 9.83. The van der Waals surface area contributed by atoms with Gasteiger partial charge in [0.25, 0.3) is 8.32 Å². The van der Waals surface area contributed by atoms with Crippen molar-refractivity contribution in [2.45, 2.75) is 52.2 Å². The van der Waals surface area contributed by atoms with Gasteiger partial charge in [-0.05, 0) is 42.3 Å². The zero-order chi connectivity index (χ0) is 23.1. The number of alkyl carbamates (subject to hydrolysis) is 1. The van der Waals surface area contributed by atoms with Crippen LogP contribution in [0.25, 0.3) is 0 Å². The van der Waals surface area contributed by atoms with Crippen LogP contribution >= 0.6 is 0 Å². The van der Waals surface area contributed by atoms with Gasteiger partial charge in [-0.2, -0.15) is 0 Å². The predicted octanol–water partition coefficient (Wildman–Crippen LogP) is 4.94. The number of carbonyl (C=O) groups is 1. The summed E-state index contributed by atoms with van der Waals surface area (Å²) in [6, 6.07) is 20.4. The first kappa shape index (κ1) is 24.8. The lowest BCUT2D eigenvalue weighted by Gasteiger charge is -2.42. The van der Waals surface area contributed by atoms with Crippen molar-refractivity contribution >= 4 is 24.8 Å². The molecule has 2 aromatic carbocycles. The molecule has 0 fully saturated rings. The van der Waals surface area contributed by atoms with Crippen molar-refractivity contribution in [2.24, 2.45) is 0 Å². The number of benzene rings is 2. The lowest BCUT2D eigenvalue weighted by atomic mass is 10.2. The van der Waals surface area contributed by atoms with Crippen LogP contribution in [0.5, 0.6) is 0 Å². The Morgan fingerprint density at radius 1 is 0.935 bits per heavy atom. The Labute approximate surface area is 186 Å². The molecule has 0 aliphatic rings. The Bertz CT molecular complexity index is 832. The summed E-state index contributed by atoms with van der Waals surface area (Å²) in [6.07, 6.45) is 0.737. The second kappa shape index (κ2) is 10.2. The smallest absolute Gasteiger partial charge is 0.408 e. The summed E-state index contributed by atoms with van der Waals surface area (Å²) in [4.78, 5) is 11.7. The molecule has 0 radical (unpaired) electrons. The number of ether oxygens (including phenoxy) is 1. The van der Waals surface area contributed by atoms with Gasteiger partial charge in [0.2, 0.25) is 0 Å². The molecule has 1 N–H and O–H groups in total. The van der Waals surface area contributed by atoms with Gasteiger partial charge in [-0.1, -0.05) is 81.4 Å². The summed E-state index contributed by atoms with van der Waals surface area (Å²) in [5.74, 6) is -0.469. The largest absolute Gasteiger partial charge is 0.444 e. The van der Waals surface area contributed by atoms with Crippen LogP contribution in [0.2, 0.25) is 5.04 Å². The lowest BCUT2D eigenvalue weighted by molar-refractivity contribution is 0.0529. The van der Waals surface area contributed by atoms with Crippen molar-refractivity contribution in [1.29, 1.82) is 0 Å². The molecule has 168 valence electrons. The van der Waals surface area contributed by atoms with Crippen LogP contribution in [0.15, 0.2) is 72.6 Å². The zero-order valence-corrected chi connectivity index (χ0v) is 20.4. The first-order chi connectivity index (χ1) is 14.5. The van der Waals surface area contributed by atoms with Gasteiger partial charge in [-0.25, -0.2) is 9.18 Å². The van der Waals surface area contributed by atoms with E-state index in [0.29, 0.717) is 0 Å². The molecule has 0 saturated heterocycles. The Balaban J connectivity index is 2.23. The number of nitrogens with one attached hydrogen (secondary N) is 1. The fourth-order valence-corrected chi connectivity index (χ4v) is 8.05. The Hall–Kier alpha value is -2.44. The minimum Gasteiger partial charge on any atom is -0.444 e. The van der Waals surface area contributed by atoms with Crippen molar-refractivity contribution in [3.8, 4) is 0 Å². The highest BCUT2D eigenvalue weighted by Gasteiger charge is 2.49. The summed E-state index contributed by atoms with van der Waals surface area (Å²) in [7, 11) is -2.72. The number of carbonyl (C=O) groups excluding carboxylic acids is 1. The molecule has 0 bridgehead atoms. The Morgan fingerprint density at radius 2 is 1.42 bits per heavy atom. The van der Waals surface area contributed by atoms with Crippen LogP contribution in [-0.2, 0) is 9.16 Å². The van der Waals surface area contributed by atoms with E-state index in [-0.39, 0.29) is 18.2 Å². The molecule has 1 amide bonds. The van der Waals surface area contributed by atoms with Gasteiger partial charge in [-0.15, -0.1) is 0 Å². The average molecular weight is 444 g/mol. The van der Waals surface area contributed by atoms with Gasteiger partial charge < -0.3 is 14.5 Å². The van der Waals surface area contributed by atoms with Crippen molar-refractivity contribution in [2.75, 3.05) is 13.2 Å². The molecule has 0 unspecified atom stereocenters. The van der Waals surface area contributed by atoms with Gasteiger partial charge in [0.05, 0.1) is 13.2 Å². The van der Waals surface area contributed by atoms with Crippen molar-refractivity contribution < 1.29 is 18.3 Å². The molecular formula is C25H34FNO3Si. The van der Waals surface area contributed by atoms with Crippen LogP contribution in [0.4, 0.5) is 9.18 Å². The molecule has 0 aromatic heterocycles. The molecule has 2 aromatic rings. The molecule has 0 saturated carbocycles. The number of hydrogen-bond donors (Lipinski definition) is 1. The molecule has 0 aliphatic heterocycles. The van der Waals surface area contributed by atoms with Crippen LogP contribution in [0.1, 0.15) is 41.5 Å². The Kier molecular flexibility index (Phi) is 8.20. The normalized spacial score (nSPS) is 13.1. The maximum atomic E-state index is 14.4. The monoisotopic (exact) mass is 443 g/mol. The third kappa shape index (κ3) is 6.77. The van der Waals surface area contributed by atoms with Gasteiger partial charge in [0.15, 0.2) is 0 Å². The highest BCUT2D eigenvalue weighted by molar-refractivity contribution is 6.99. The van der Waals surface area contributed by atoms with E-state index in [1.54, 1.807) is 20.8 Å². The topological polar surface area (TPSA) is 47.6 Å². The minimum absolute atomic E-state index is 0.106. The summed E-state index contributed by atoms with van der Waals surface area (Å²) in [6.45, 7) is 11.7. The molecule has 6 heteroatoms. The van der Waals surface area contributed by atoms with Gasteiger partial charge in [0.1, 0.15) is 11.4 Å². The number of halogens is 1. The molecule has 31 heavy (non-hydrogen) atoms. The van der Waals surface area contributed by atoms with E-state index in [1.807, 2.05) is 36.4 Å². The van der Waals surface area contributed by atoms with E-state index in [9.17, 15) is 9.18 Å². The van der Waals surface area contributed by atoms with E-state index >= 15 is 0 Å². The highest BCUT2D eigenvalue weighted by Crippen LogP contribution is 2.36. The van der Waals surface area contributed by atoms with Crippen LogP contribution in [-0.4, -0.2) is 33.2 Å². The van der Waals surface area contributed by atoms with Gasteiger partial charge in [-0.3, -0.25) is 0 Å². The molecule has 0 heterocycles. The standard InChI is InChI=1S/C25H34FNO3Si/c1-24(2,3)30-23(28)27-19-20(26)17-18-29-31(25(4,5)6,21-13-9-7-10-14-21)22-15-11-8-12-16-22/h7-17H,18-19H2,1-6H3,(H,27,28). The van der Waals surface area contributed by atoms with Crippen molar-refractivity contribution in [3.05, 3.63) is 72.6 Å². The third-order valence-electron chi connectivity index (χ3n) is 4.82. The Morgan fingerprint density at radius 3 is 1.84 bits per heavy atom. The summed E-state index contributed by atoms with van der Waals surface area (Å²) in [5.41, 5.74) is -0.628. The maximum absolute atomic E-state index is 14.4. The molecule has 0 aliphatic carbocycles.